The Morgan fingerprint density at radius 1 is 1.08 bits per heavy atom. The Bertz CT molecular complexity index is 716. The fraction of sp³-hybridized carbons (Fsp3) is 0.263. The summed E-state index contributed by atoms with van der Waals surface area (Å²) in [7, 11) is 1.36. The van der Waals surface area contributed by atoms with Crippen LogP contribution >= 0.6 is 11.8 Å². The van der Waals surface area contributed by atoms with Gasteiger partial charge < -0.3 is 14.8 Å². The number of ether oxygens (including phenoxy) is 2. The van der Waals surface area contributed by atoms with E-state index in [0.717, 1.165) is 5.56 Å². The lowest BCUT2D eigenvalue weighted by atomic mass is 10.1. The minimum absolute atomic E-state index is 0.0802. The number of para-hydroxylation sites is 2. The lowest BCUT2D eigenvalue weighted by Gasteiger charge is -2.11. The summed E-state index contributed by atoms with van der Waals surface area (Å²) in [4.78, 5) is 23.5. The largest absolute Gasteiger partial charge is 0.492 e. The van der Waals surface area contributed by atoms with Crippen molar-refractivity contribution < 1.29 is 19.1 Å². The molecule has 2 rings (SSSR count). The fourth-order valence-electron chi connectivity index (χ4n) is 2.15. The highest BCUT2D eigenvalue weighted by atomic mass is 32.2. The van der Waals surface area contributed by atoms with Gasteiger partial charge in [0.2, 0.25) is 5.91 Å². The summed E-state index contributed by atoms with van der Waals surface area (Å²) in [5.74, 6) is 1.25. The molecular formula is C19H21NO4S. The van der Waals surface area contributed by atoms with Gasteiger partial charge in [0.05, 0.1) is 30.7 Å². The van der Waals surface area contributed by atoms with Crippen molar-refractivity contribution in [2.75, 3.05) is 24.8 Å². The molecule has 0 spiro atoms. The number of benzene rings is 2. The number of nitrogens with one attached hydrogen (secondary N) is 1. The Kier molecular flexibility index (Phi) is 7.35. The first-order chi connectivity index (χ1) is 12.1. The summed E-state index contributed by atoms with van der Waals surface area (Å²) in [5, 5.41) is 2.87. The van der Waals surface area contributed by atoms with E-state index in [1.807, 2.05) is 43.3 Å². The van der Waals surface area contributed by atoms with Gasteiger partial charge in [0.1, 0.15) is 5.75 Å². The van der Waals surface area contributed by atoms with Gasteiger partial charge in [-0.05, 0) is 36.8 Å². The van der Waals surface area contributed by atoms with Gasteiger partial charge in [0, 0.05) is 5.75 Å². The van der Waals surface area contributed by atoms with Crippen molar-refractivity contribution in [1.29, 1.82) is 0 Å². The SMILES string of the molecule is CCOc1ccccc1NC(=O)CSCc1ccc(C(=O)OC)cc1. The predicted octanol–water partition coefficient (Wildman–Crippen LogP) is 3.74. The highest BCUT2D eigenvalue weighted by Crippen LogP contribution is 2.24. The second-order valence-electron chi connectivity index (χ2n) is 5.16. The molecular weight excluding hydrogens is 338 g/mol. The van der Waals surface area contributed by atoms with Crippen LogP contribution in [0.15, 0.2) is 48.5 Å². The minimum Gasteiger partial charge on any atom is -0.492 e. The number of esters is 1. The Morgan fingerprint density at radius 3 is 2.48 bits per heavy atom. The number of hydrogen-bond donors (Lipinski definition) is 1. The zero-order chi connectivity index (χ0) is 18.1. The smallest absolute Gasteiger partial charge is 0.337 e. The highest BCUT2D eigenvalue weighted by molar-refractivity contribution is 7.99. The molecule has 0 aliphatic carbocycles. The minimum atomic E-state index is -0.355. The van der Waals surface area contributed by atoms with Gasteiger partial charge >= 0.3 is 5.97 Å². The van der Waals surface area contributed by atoms with E-state index in [0.29, 0.717) is 35.1 Å². The quantitative estimate of drug-likeness (QED) is 0.727. The molecule has 1 amide bonds. The van der Waals surface area contributed by atoms with Crippen LogP contribution in [0.5, 0.6) is 5.75 Å². The molecule has 0 fully saturated rings. The topological polar surface area (TPSA) is 64.6 Å². The molecule has 0 bridgehead atoms. The molecule has 0 unspecified atom stereocenters. The summed E-state index contributed by atoms with van der Waals surface area (Å²) in [5.41, 5.74) is 2.24. The van der Waals surface area contributed by atoms with E-state index in [1.54, 1.807) is 12.1 Å². The Balaban J connectivity index is 1.82. The Hall–Kier alpha value is -2.47. The molecule has 0 aromatic heterocycles. The van der Waals surface area contributed by atoms with Crippen molar-refractivity contribution >= 4 is 29.3 Å². The molecule has 25 heavy (non-hydrogen) atoms. The van der Waals surface area contributed by atoms with E-state index in [-0.39, 0.29) is 11.9 Å². The number of carbonyl (C=O) groups excluding carboxylic acids is 2. The summed E-state index contributed by atoms with van der Waals surface area (Å²) in [6, 6.07) is 14.5. The van der Waals surface area contributed by atoms with Crippen LogP contribution in [0, 0.1) is 0 Å². The van der Waals surface area contributed by atoms with E-state index in [4.69, 9.17) is 4.74 Å². The lowest BCUT2D eigenvalue weighted by Crippen LogP contribution is -2.15. The molecule has 1 N–H and O–H groups in total. The van der Waals surface area contributed by atoms with Gasteiger partial charge in [-0.15, -0.1) is 11.8 Å². The van der Waals surface area contributed by atoms with E-state index in [9.17, 15) is 9.59 Å². The molecule has 5 nitrogen and oxygen atoms in total. The number of carbonyl (C=O) groups is 2. The third-order valence-electron chi connectivity index (χ3n) is 3.34. The Morgan fingerprint density at radius 2 is 1.80 bits per heavy atom. The number of rotatable bonds is 8. The first-order valence-electron chi connectivity index (χ1n) is 7.90. The van der Waals surface area contributed by atoms with Crippen LogP contribution in [0.25, 0.3) is 0 Å². The second kappa shape index (κ2) is 9.74. The maximum absolute atomic E-state index is 12.1. The van der Waals surface area contributed by atoms with Gasteiger partial charge in [0.25, 0.3) is 0 Å². The average molecular weight is 359 g/mol. The molecule has 0 heterocycles. The molecule has 0 saturated carbocycles. The fourth-order valence-corrected chi connectivity index (χ4v) is 2.94. The van der Waals surface area contributed by atoms with Gasteiger partial charge in [0.15, 0.2) is 0 Å². The second-order valence-corrected chi connectivity index (χ2v) is 6.14. The molecule has 0 aliphatic rings. The molecule has 0 atom stereocenters. The summed E-state index contributed by atoms with van der Waals surface area (Å²) >= 11 is 1.50. The molecule has 0 saturated heterocycles. The molecule has 2 aromatic rings. The van der Waals surface area contributed by atoms with Crippen molar-refractivity contribution in [1.82, 2.24) is 0 Å². The molecule has 0 aliphatic heterocycles. The predicted molar refractivity (Wildman–Crippen MR) is 100 cm³/mol. The van der Waals surface area contributed by atoms with Crippen LogP contribution < -0.4 is 10.1 Å². The van der Waals surface area contributed by atoms with Gasteiger partial charge in [-0.3, -0.25) is 4.79 Å². The zero-order valence-corrected chi connectivity index (χ0v) is 15.1. The molecule has 6 heteroatoms. The van der Waals surface area contributed by atoms with Gasteiger partial charge in [-0.2, -0.15) is 0 Å². The number of thioether (sulfide) groups is 1. The maximum Gasteiger partial charge on any atom is 0.337 e. The van der Waals surface area contributed by atoms with E-state index in [1.165, 1.54) is 18.9 Å². The van der Waals surface area contributed by atoms with Crippen molar-refractivity contribution in [2.24, 2.45) is 0 Å². The number of hydrogen-bond acceptors (Lipinski definition) is 5. The average Bonchev–Trinajstić information content (AvgIpc) is 2.63. The van der Waals surface area contributed by atoms with E-state index >= 15 is 0 Å². The summed E-state index contributed by atoms with van der Waals surface area (Å²) in [6.07, 6.45) is 0. The van der Waals surface area contributed by atoms with Gasteiger partial charge in [-0.1, -0.05) is 24.3 Å². The van der Waals surface area contributed by atoms with Gasteiger partial charge in [-0.25, -0.2) is 4.79 Å². The van der Waals surface area contributed by atoms with Crippen LogP contribution in [-0.2, 0) is 15.3 Å². The van der Waals surface area contributed by atoms with Crippen LogP contribution in [0.3, 0.4) is 0 Å². The third-order valence-corrected chi connectivity index (χ3v) is 4.34. The number of amides is 1. The van der Waals surface area contributed by atoms with Crippen molar-refractivity contribution in [3.8, 4) is 5.75 Å². The standard InChI is InChI=1S/C19H21NO4S/c1-3-24-17-7-5-4-6-16(17)20-18(21)13-25-12-14-8-10-15(11-9-14)19(22)23-2/h4-11H,3,12-13H2,1-2H3,(H,20,21). The maximum atomic E-state index is 12.1. The summed E-state index contributed by atoms with van der Waals surface area (Å²) in [6.45, 7) is 2.45. The van der Waals surface area contributed by atoms with E-state index in [2.05, 4.69) is 10.1 Å². The van der Waals surface area contributed by atoms with Crippen molar-refractivity contribution in [3.05, 3.63) is 59.7 Å². The molecule has 2 aromatic carbocycles. The van der Waals surface area contributed by atoms with E-state index < -0.39 is 0 Å². The zero-order valence-electron chi connectivity index (χ0n) is 14.3. The van der Waals surface area contributed by atoms with Crippen LogP contribution in [0.4, 0.5) is 5.69 Å². The first-order valence-corrected chi connectivity index (χ1v) is 9.06. The number of anilines is 1. The lowest BCUT2D eigenvalue weighted by molar-refractivity contribution is -0.113. The highest BCUT2D eigenvalue weighted by Gasteiger charge is 2.08. The summed E-state index contributed by atoms with van der Waals surface area (Å²) < 4.78 is 10.2. The molecule has 0 radical (unpaired) electrons. The monoisotopic (exact) mass is 359 g/mol. The normalized spacial score (nSPS) is 10.2. The first kappa shape index (κ1) is 18.9. The van der Waals surface area contributed by atoms with Crippen LogP contribution in [-0.4, -0.2) is 31.3 Å². The molecule has 132 valence electrons. The van der Waals surface area contributed by atoms with Crippen LogP contribution in [0.2, 0.25) is 0 Å². The Labute approximate surface area is 151 Å². The van der Waals surface area contributed by atoms with Crippen molar-refractivity contribution in [3.63, 3.8) is 0 Å². The third kappa shape index (κ3) is 5.83. The number of methoxy groups -OCH3 is 1. The van der Waals surface area contributed by atoms with Crippen molar-refractivity contribution in [2.45, 2.75) is 12.7 Å². The van der Waals surface area contributed by atoms with Crippen LogP contribution in [0.1, 0.15) is 22.8 Å².